The zero-order valence-corrected chi connectivity index (χ0v) is 25.0. The van der Waals surface area contributed by atoms with E-state index in [1.807, 2.05) is 6.07 Å². The summed E-state index contributed by atoms with van der Waals surface area (Å²) in [6, 6.07) is 25.6. The lowest BCUT2D eigenvalue weighted by atomic mass is 10.1. The number of rotatable bonds is 12. The first-order chi connectivity index (χ1) is 21.9. The highest BCUT2D eigenvalue weighted by atomic mass is 19.1. The van der Waals surface area contributed by atoms with Crippen molar-refractivity contribution in [1.82, 2.24) is 15.1 Å². The summed E-state index contributed by atoms with van der Waals surface area (Å²) in [5.41, 5.74) is 2.86. The van der Waals surface area contributed by atoms with Crippen LogP contribution in [0.1, 0.15) is 44.2 Å². The highest BCUT2D eigenvalue weighted by Crippen LogP contribution is 2.22. The van der Waals surface area contributed by atoms with Gasteiger partial charge in [-0.3, -0.25) is 14.6 Å². The van der Waals surface area contributed by atoms with Gasteiger partial charge < -0.3 is 19.7 Å². The first-order valence-corrected chi connectivity index (χ1v) is 15.1. The van der Waals surface area contributed by atoms with E-state index in [9.17, 15) is 23.9 Å². The molecule has 0 radical (unpaired) electrons. The van der Waals surface area contributed by atoms with E-state index in [1.165, 1.54) is 29.8 Å². The van der Waals surface area contributed by atoms with Gasteiger partial charge in [0.05, 0.1) is 12.1 Å². The Hall–Kier alpha value is -4.96. The Bertz CT molecular complexity index is 1570. The number of aromatic carboxylic acids is 1. The van der Waals surface area contributed by atoms with Crippen LogP contribution in [0, 0.1) is 5.82 Å². The Morgan fingerprint density at radius 3 is 2.20 bits per heavy atom. The molecule has 45 heavy (non-hydrogen) atoms. The Balaban J connectivity index is 1.19. The molecular formula is C35H37FN4O5. The molecule has 0 saturated carbocycles. The van der Waals surface area contributed by atoms with Crippen molar-refractivity contribution >= 4 is 23.6 Å². The van der Waals surface area contributed by atoms with Crippen molar-refractivity contribution in [3.05, 3.63) is 125 Å². The number of piperazine rings is 1. The van der Waals surface area contributed by atoms with Crippen LogP contribution in [0.2, 0.25) is 0 Å². The van der Waals surface area contributed by atoms with E-state index in [0.29, 0.717) is 37.5 Å². The first-order valence-electron chi connectivity index (χ1n) is 15.1. The van der Waals surface area contributed by atoms with Crippen LogP contribution in [0.3, 0.4) is 0 Å². The lowest BCUT2D eigenvalue weighted by Gasteiger charge is -2.37. The number of urea groups is 1. The van der Waals surface area contributed by atoms with Crippen molar-refractivity contribution in [2.24, 2.45) is 0 Å². The van der Waals surface area contributed by atoms with Gasteiger partial charge in [0.25, 0.3) is 5.91 Å². The molecule has 9 nitrogen and oxygen atoms in total. The zero-order chi connectivity index (χ0) is 31.6. The topological polar surface area (TPSA) is 106 Å². The summed E-state index contributed by atoms with van der Waals surface area (Å²) < 4.78 is 19.0. The number of carboxylic acid groups (broad SMARTS) is 1. The summed E-state index contributed by atoms with van der Waals surface area (Å²) in [6.07, 6.45) is 2.59. The van der Waals surface area contributed by atoms with Gasteiger partial charge >= 0.3 is 12.0 Å². The molecule has 2 heterocycles. The largest absolute Gasteiger partial charge is 0.478 e. The van der Waals surface area contributed by atoms with Crippen LogP contribution < -0.4 is 10.2 Å². The number of hydrogen-bond acceptors (Lipinski definition) is 5. The average molecular weight is 613 g/mol. The molecular weight excluding hydrogens is 575 g/mol. The Labute approximate surface area is 261 Å². The lowest BCUT2D eigenvalue weighted by Crippen LogP contribution is -2.53. The van der Waals surface area contributed by atoms with Gasteiger partial charge in [0.15, 0.2) is 5.76 Å². The van der Waals surface area contributed by atoms with Crippen LogP contribution in [0.4, 0.5) is 14.9 Å². The fourth-order valence-corrected chi connectivity index (χ4v) is 5.34. The van der Waals surface area contributed by atoms with Gasteiger partial charge in [0.1, 0.15) is 11.6 Å². The summed E-state index contributed by atoms with van der Waals surface area (Å²) in [7, 11) is 0. The summed E-state index contributed by atoms with van der Waals surface area (Å²) in [6.45, 7) is 4.01. The Morgan fingerprint density at radius 2 is 1.51 bits per heavy atom. The number of hydrogen-bond donors (Lipinski definition) is 2. The number of nitrogens with zero attached hydrogens (tertiary/aromatic N) is 3. The number of carboxylic acids is 1. The van der Waals surface area contributed by atoms with E-state index in [4.69, 9.17) is 4.42 Å². The molecule has 0 spiro atoms. The van der Waals surface area contributed by atoms with Crippen molar-refractivity contribution in [2.75, 3.05) is 44.2 Å². The maximum absolute atomic E-state index is 13.8. The summed E-state index contributed by atoms with van der Waals surface area (Å²) in [5.74, 6) is -1.23. The molecule has 5 rings (SSSR count). The van der Waals surface area contributed by atoms with Crippen molar-refractivity contribution in [3.63, 3.8) is 0 Å². The van der Waals surface area contributed by atoms with Gasteiger partial charge in [-0.2, -0.15) is 0 Å². The monoisotopic (exact) mass is 612 g/mol. The zero-order valence-electron chi connectivity index (χ0n) is 25.0. The Morgan fingerprint density at radius 1 is 0.822 bits per heavy atom. The van der Waals surface area contributed by atoms with Crippen molar-refractivity contribution < 1.29 is 28.3 Å². The van der Waals surface area contributed by atoms with E-state index in [2.05, 4.69) is 34.5 Å². The maximum Gasteiger partial charge on any atom is 0.335 e. The molecule has 4 aromatic rings. The van der Waals surface area contributed by atoms with Crippen LogP contribution in [-0.2, 0) is 19.4 Å². The van der Waals surface area contributed by atoms with Gasteiger partial charge in [-0.25, -0.2) is 14.0 Å². The molecule has 10 heteroatoms. The molecule has 1 aromatic heterocycles. The molecule has 3 aromatic carbocycles. The number of carbonyl (C=O) groups excluding carboxylic acids is 2. The molecule has 2 N–H and O–H groups in total. The van der Waals surface area contributed by atoms with Gasteiger partial charge in [-0.05, 0) is 85.5 Å². The van der Waals surface area contributed by atoms with Crippen molar-refractivity contribution in [3.8, 4) is 0 Å². The van der Waals surface area contributed by atoms with E-state index < -0.39 is 11.9 Å². The van der Waals surface area contributed by atoms with Gasteiger partial charge in [-0.1, -0.05) is 42.5 Å². The normalized spacial score (nSPS) is 13.4. The number of furan rings is 1. The van der Waals surface area contributed by atoms with Gasteiger partial charge in [-0.15, -0.1) is 0 Å². The number of amides is 3. The minimum atomic E-state index is -1.05. The van der Waals surface area contributed by atoms with Crippen LogP contribution in [0.5, 0.6) is 0 Å². The van der Waals surface area contributed by atoms with Crippen LogP contribution >= 0.6 is 0 Å². The van der Waals surface area contributed by atoms with Gasteiger partial charge in [0, 0.05) is 38.4 Å². The fourth-order valence-electron chi connectivity index (χ4n) is 5.34. The molecule has 0 atom stereocenters. The second kappa shape index (κ2) is 15.2. The second-order valence-corrected chi connectivity index (χ2v) is 11.0. The van der Waals surface area contributed by atoms with Crippen molar-refractivity contribution in [1.29, 1.82) is 0 Å². The van der Waals surface area contributed by atoms with Crippen LogP contribution in [0.15, 0.2) is 95.4 Å². The number of carbonyl (C=O) groups is 3. The molecule has 1 saturated heterocycles. The minimum Gasteiger partial charge on any atom is -0.478 e. The van der Waals surface area contributed by atoms with E-state index in [1.54, 1.807) is 46.2 Å². The standard InChI is InChI=1S/C35H37FN4O5/c36-29-12-8-27(9-13-29)18-19-37-33(41)32-17-16-31(45-32)25-40(30-14-10-28(11-15-30)34(42)43)35(44)39-23-21-38(22-24-39)20-4-7-26-5-2-1-3-6-26/h1-3,5-6,8-17H,4,7,18-25H2,(H,37,41)(H,42,43). The fraction of sp³-hybridized carbons (Fsp3) is 0.286. The third kappa shape index (κ3) is 8.79. The Kier molecular flexibility index (Phi) is 10.6. The number of anilines is 1. The number of nitrogens with one attached hydrogen (secondary N) is 1. The number of aryl methyl sites for hydroxylation is 1. The van der Waals surface area contributed by atoms with E-state index in [-0.39, 0.29) is 29.7 Å². The highest BCUT2D eigenvalue weighted by molar-refractivity contribution is 5.94. The third-order valence-corrected chi connectivity index (χ3v) is 7.89. The molecule has 0 aliphatic carbocycles. The summed E-state index contributed by atoms with van der Waals surface area (Å²) >= 11 is 0. The second-order valence-electron chi connectivity index (χ2n) is 11.0. The quantitative estimate of drug-likeness (QED) is 0.220. The number of benzene rings is 3. The predicted molar refractivity (Wildman–Crippen MR) is 169 cm³/mol. The summed E-state index contributed by atoms with van der Waals surface area (Å²) in [5, 5.41) is 12.1. The van der Waals surface area contributed by atoms with Gasteiger partial charge in [0.2, 0.25) is 0 Å². The SMILES string of the molecule is O=C(O)c1ccc(N(Cc2ccc(C(=O)NCCc3ccc(F)cc3)o2)C(=O)N2CCN(CCCc3ccccc3)CC2)cc1. The van der Waals surface area contributed by atoms with Crippen molar-refractivity contribution in [2.45, 2.75) is 25.8 Å². The molecule has 234 valence electrons. The van der Waals surface area contributed by atoms with Crippen LogP contribution in [-0.4, -0.2) is 72.1 Å². The summed E-state index contributed by atoms with van der Waals surface area (Å²) in [4.78, 5) is 43.7. The average Bonchev–Trinajstić information content (AvgIpc) is 3.54. The molecule has 3 amide bonds. The molecule has 1 aliphatic heterocycles. The third-order valence-electron chi connectivity index (χ3n) is 7.89. The highest BCUT2D eigenvalue weighted by Gasteiger charge is 2.27. The predicted octanol–water partition coefficient (Wildman–Crippen LogP) is 5.47. The van der Waals surface area contributed by atoms with E-state index >= 15 is 0 Å². The van der Waals surface area contributed by atoms with E-state index in [0.717, 1.165) is 38.0 Å². The van der Waals surface area contributed by atoms with Crippen LogP contribution in [0.25, 0.3) is 0 Å². The smallest absolute Gasteiger partial charge is 0.335 e. The molecule has 0 unspecified atom stereocenters. The number of halogens is 1. The minimum absolute atomic E-state index is 0.0609. The maximum atomic E-state index is 13.8. The first kappa shape index (κ1) is 31.5. The molecule has 1 fully saturated rings. The molecule has 1 aliphatic rings. The molecule has 0 bridgehead atoms. The lowest BCUT2D eigenvalue weighted by molar-refractivity contribution is 0.0696.